The third-order valence-corrected chi connectivity index (χ3v) is 2.82. The largest absolute Gasteiger partial charge is 0.496 e. The molecule has 0 saturated carbocycles. The summed E-state index contributed by atoms with van der Waals surface area (Å²) >= 11 is 1.76. The summed E-state index contributed by atoms with van der Waals surface area (Å²) in [6.07, 6.45) is 2.04. The Labute approximate surface area is 105 Å². The molecule has 6 heteroatoms. The van der Waals surface area contributed by atoms with E-state index in [0.717, 1.165) is 17.9 Å². The van der Waals surface area contributed by atoms with Gasteiger partial charge < -0.3 is 10.1 Å². The predicted molar refractivity (Wildman–Crippen MR) is 69.7 cm³/mol. The number of nitro groups is 1. The van der Waals surface area contributed by atoms with Crippen molar-refractivity contribution in [3.8, 4) is 5.75 Å². The molecule has 0 bridgehead atoms. The van der Waals surface area contributed by atoms with Crippen molar-refractivity contribution in [3.63, 3.8) is 0 Å². The van der Waals surface area contributed by atoms with Crippen LogP contribution in [0.2, 0.25) is 0 Å². The maximum atomic E-state index is 10.7. The number of hydrogen-bond acceptors (Lipinski definition) is 5. The smallest absolute Gasteiger partial charge is 0.273 e. The molecule has 1 aromatic carbocycles. The summed E-state index contributed by atoms with van der Waals surface area (Å²) < 4.78 is 5.04. The van der Waals surface area contributed by atoms with E-state index in [1.165, 1.54) is 13.2 Å². The Morgan fingerprint density at radius 1 is 1.47 bits per heavy atom. The van der Waals surface area contributed by atoms with E-state index in [9.17, 15) is 10.1 Å². The van der Waals surface area contributed by atoms with Gasteiger partial charge in [0.25, 0.3) is 5.69 Å². The molecule has 17 heavy (non-hydrogen) atoms. The molecule has 1 rings (SSSR count). The first-order valence-electron chi connectivity index (χ1n) is 5.19. The maximum absolute atomic E-state index is 10.7. The van der Waals surface area contributed by atoms with Gasteiger partial charge in [-0.15, -0.1) is 0 Å². The van der Waals surface area contributed by atoms with Crippen LogP contribution in [0.4, 0.5) is 5.69 Å². The highest BCUT2D eigenvalue weighted by molar-refractivity contribution is 7.98. The molecule has 0 saturated heterocycles. The second-order valence-electron chi connectivity index (χ2n) is 3.47. The van der Waals surface area contributed by atoms with Crippen molar-refractivity contribution < 1.29 is 9.66 Å². The summed E-state index contributed by atoms with van der Waals surface area (Å²) in [6, 6.07) is 4.79. The summed E-state index contributed by atoms with van der Waals surface area (Å²) in [5.41, 5.74) is 0.920. The van der Waals surface area contributed by atoms with Crippen LogP contribution in [0.25, 0.3) is 0 Å². The number of nitro benzene ring substituents is 1. The second kappa shape index (κ2) is 7.13. The quantitative estimate of drug-likeness (QED) is 0.459. The van der Waals surface area contributed by atoms with E-state index in [1.54, 1.807) is 23.9 Å². The molecule has 1 aromatic rings. The second-order valence-corrected chi connectivity index (χ2v) is 4.45. The van der Waals surface area contributed by atoms with E-state index < -0.39 is 4.92 Å². The zero-order valence-electron chi connectivity index (χ0n) is 9.93. The molecule has 5 nitrogen and oxygen atoms in total. The lowest BCUT2D eigenvalue weighted by Crippen LogP contribution is -2.16. The molecule has 1 N–H and O–H groups in total. The van der Waals surface area contributed by atoms with E-state index in [0.29, 0.717) is 12.3 Å². The zero-order valence-corrected chi connectivity index (χ0v) is 10.8. The van der Waals surface area contributed by atoms with Crippen molar-refractivity contribution in [2.75, 3.05) is 25.7 Å². The average molecular weight is 256 g/mol. The van der Waals surface area contributed by atoms with Gasteiger partial charge in [0.15, 0.2) is 0 Å². The fraction of sp³-hybridized carbons (Fsp3) is 0.455. The van der Waals surface area contributed by atoms with Gasteiger partial charge in [-0.25, -0.2) is 0 Å². The molecular formula is C11H16N2O3S. The van der Waals surface area contributed by atoms with Crippen LogP contribution in [0, 0.1) is 10.1 Å². The summed E-state index contributed by atoms with van der Waals surface area (Å²) in [6.45, 7) is 1.49. The van der Waals surface area contributed by atoms with Gasteiger partial charge in [-0.1, -0.05) is 0 Å². The molecule has 0 aliphatic rings. The van der Waals surface area contributed by atoms with Crippen molar-refractivity contribution in [3.05, 3.63) is 33.9 Å². The number of hydrogen-bond donors (Lipinski definition) is 1. The maximum Gasteiger partial charge on any atom is 0.273 e. The van der Waals surface area contributed by atoms with Crippen molar-refractivity contribution >= 4 is 17.4 Å². The van der Waals surface area contributed by atoms with Gasteiger partial charge >= 0.3 is 0 Å². The molecule has 0 fully saturated rings. The molecule has 0 amide bonds. The van der Waals surface area contributed by atoms with E-state index in [2.05, 4.69) is 5.32 Å². The van der Waals surface area contributed by atoms with Gasteiger partial charge in [0.1, 0.15) is 5.75 Å². The monoisotopic (exact) mass is 256 g/mol. The molecular weight excluding hydrogens is 240 g/mol. The van der Waals surface area contributed by atoms with E-state index in [-0.39, 0.29) is 5.69 Å². The fourth-order valence-electron chi connectivity index (χ4n) is 1.38. The van der Waals surface area contributed by atoms with Crippen LogP contribution in [0.1, 0.15) is 5.56 Å². The highest BCUT2D eigenvalue weighted by Crippen LogP contribution is 2.22. The summed E-state index contributed by atoms with van der Waals surface area (Å²) in [5.74, 6) is 1.53. The number of rotatable bonds is 7. The number of benzene rings is 1. The SMILES string of the molecule is COc1cc(CNCCSC)cc([N+](=O)[O-])c1. The lowest BCUT2D eigenvalue weighted by atomic mass is 10.2. The number of nitrogens with one attached hydrogen (secondary N) is 1. The average Bonchev–Trinajstić information content (AvgIpc) is 2.34. The van der Waals surface area contributed by atoms with Crippen LogP contribution in [-0.2, 0) is 6.54 Å². The normalized spacial score (nSPS) is 10.2. The summed E-state index contributed by atoms with van der Waals surface area (Å²) in [4.78, 5) is 10.3. The van der Waals surface area contributed by atoms with Gasteiger partial charge in [0.05, 0.1) is 18.1 Å². The highest BCUT2D eigenvalue weighted by atomic mass is 32.2. The van der Waals surface area contributed by atoms with Gasteiger partial charge in [-0.3, -0.25) is 10.1 Å². The highest BCUT2D eigenvalue weighted by Gasteiger charge is 2.09. The predicted octanol–water partition coefficient (Wildman–Crippen LogP) is 2.06. The standard InChI is InChI=1S/C11H16N2O3S/c1-16-11-6-9(8-12-3-4-17-2)5-10(7-11)13(14)15/h5-7,12H,3-4,8H2,1-2H3. The molecule has 94 valence electrons. The van der Waals surface area contributed by atoms with E-state index in [4.69, 9.17) is 4.74 Å². The Morgan fingerprint density at radius 3 is 2.82 bits per heavy atom. The van der Waals surface area contributed by atoms with Crippen LogP contribution in [0.3, 0.4) is 0 Å². The van der Waals surface area contributed by atoms with Crippen LogP contribution < -0.4 is 10.1 Å². The molecule has 0 spiro atoms. The summed E-state index contributed by atoms with van der Waals surface area (Å²) in [5, 5.41) is 13.9. The minimum absolute atomic E-state index is 0.0611. The Kier molecular flexibility index (Phi) is 5.79. The first-order chi connectivity index (χ1) is 8.17. The number of nitrogens with zero attached hydrogens (tertiary/aromatic N) is 1. The number of non-ortho nitro benzene ring substituents is 1. The van der Waals surface area contributed by atoms with Crippen LogP contribution in [0.5, 0.6) is 5.75 Å². The first-order valence-corrected chi connectivity index (χ1v) is 6.58. The van der Waals surface area contributed by atoms with Gasteiger partial charge in [-0.2, -0.15) is 11.8 Å². The fourth-order valence-corrected chi connectivity index (χ4v) is 1.72. The molecule has 0 aliphatic carbocycles. The molecule has 0 heterocycles. The Morgan fingerprint density at radius 2 is 2.24 bits per heavy atom. The Hall–Kier alpha value is -1.27. The van der Waals surface area contributed by atoms with Crippen molar-refractivity contribution in [2.45, 2.75) is 6.54 Å². The van der Waals surface area contributed by atoms with Gasteiger partial charge in [0.2, 0.25) is 0 Å². The van der Waals surface area contributed by atoms with Crippen molar-refractivity contribution in [2.24, 2.45) is 0 Å². The number of thioether (sulfide) groups is 1. The molecule has 0 unspecified atom stereocenters. The van der Waals surface area contributed by atoms with Crippen molar-refractivity contribution in [1.29, 1.82) is 0 Å². The Bertz CT molecular complexity index is 385. The third-order valence-electron chi connectivity index (χ3n) is 2.21. The van der Waals surface area contributed by atoms with E-state index >= 15 is 0 Å². The minimum Gasteiger partial charge on any atom is -0.496 e. The zero-order chi connectivity index (χ0) is 12.7. The lowest BCUT2D eigenvalue weighted by Gasteiger charge is -2.06. The van der Waals surface area contributed by atoms with Crippen LogP contribution in [-0.4, -0.2) is 30.6 Å². The number of ether oxygens (including phenoxy) is 1. The van der Waals surface area contributed by atoms with Gasteiger partial charge in [0, 0.05) is 24.9 Å². The third kappa shape index (κ3) is 4.62. The van der Waals surface area contributed by atoms with Gasteiger partial charge in [-0.05, 0) is 17.9 Å². The van der Waals surface area contributed by atoms with Crippen molar-refractivity contribution in [1.82, 2.24) is 5.32 Å². The molecule has 0 aromatic heterocycles. The number of methoxy groups -OCH3 is 1. The Balaban J connectivity index is 2.70. The first kappa shape index (κ1) is 13.8. The topological polar surface area (TPSA) is 64.4 Å². The lowest BCUT2D eigenvalue weighted by molar-refractivity contribution is -0.385. The molecule has 0 radical (unpaired) electrons. The minimum atomic E-state index is -0.409. The van der Waals surface area contributed by atoms with E-state index in [1.807, 2.05) is 6.26 Å². The summed E-state index contributed by atoms with van der Waals surface area (Å²) in [7, 11) is 1.50. The molecule has 0 atom stereocenters. The van der Waals surface area contributed by atoms with Crippen LogP contribution >= 0.6 is 11.8 Å². The molecule has 0 aliphatic heterocycles. The van der Waals surface area contributed by atoms with Crippen LogP contribution in [0.15, 0.2) is 18.2 Å².